The van der Waals surface area contributed by atoms with Crippen LogP contribution in [0.1, 0.15) is 94.1 Å². The van der Waals surface area contributed by atoms with Gasteiger partial charge in [0.05, 0.1) is 36.3 Å². The highest BCUT2D eigenvalue weighted by atomic mass is 16.7. The van der Waals surface area contributed by atoms with Gasteiger partial charge in [-0.05, 0) is 112 Å². The number of hydrogen-bond acceptors (Lipinski definition) is 19. The number of carbonyl (C=O) groups excluding carboxylic acids is 5. The number of rotatable bonds is 15. The number of non-ortho nitro benzene ring substituents is 1. The largest absolute Gasteiger partial charge is 0.491 e. The molecule has 2 fully saturated rings. The maximum absolute atomic E-state index is 13.8. The van der Waals surface area contributed by atoms with E-state index in [4.69, 9.17) is 38.9 Å². The van der Waals surface area contributed by atoms with Gasteiger partial charge < -0.3 is 85.5 Å². The van der Waals surface area contributed by atoms with E-state index in [2.05, 4.69) is 21.3 Å². The first-order valence-corrected chi connectivity index (χ1v) is 23.3. The van der Waals surface area contributed by atoms with Crippen LogP contribution in [0.2, 0.25) is 0 Å². The molecule has 1 aromatic rings. The molecular formula is C46H73N7O18. The number of hydrogen-bond donors (Lipinski definition) is 9. The number of aliphatic hydroxyl groups is 4. The number of nitro groups is 1. The Morgan fingerprint density at radius 1 is 0.901 bits per heavy atom. The molecule has 2 heterocycles. The minimum absolute atomic E-state index is 0.134. The SMILES string of the molecule is CN(C(=O)OC(C)(C)C)[C@@H]1[C@@H](O)[C@@H](O[C@@H]2[C@@H](O)[C@H](C3OC(CNC(=O)OCc4ccc([N+](=O)[O-])cc4)=CC[C@H]3N)[C@@H](NC(=O)OC(C)(C)C)C[C@H]2NC(=O)[C@@H](O)CCNC(=O)OC(C)(C)C)OC[C@]1(C)O. The number of nitro benzene ring substituents is 1. The van der Waals surface area contributed by atoms with Crippen molar-refractivity contribution in [1.82, 2.24) is 26.2 Å². The van der Waals surface area contributed by atoms with Gasteiger partial charge in [0, 0.05) is 43.7 Å². The minimum Gasteiger partial charge on any atom is -0.491 e. The predicted octanol–water partition coefficient (Wildman–Crippen LogP) is 1.94. The number of nitrogens with two attached hydrogens (primary N) is 1. The molecule has 25 heteroatoms. The Labute approximate surface area is 412 Å². The summed E-state index contributed by atoms with van der Waals surface area (Å²) in [6.07, 6.45) is -12.1. The maximum Gasteiger partial charge on any atom is 0.410 e. The fourth-order valence-corrected chi connectivity index (χ4v) is 8.23. The topological polar surface area (TPSA) is 351 Å². The van der Waals surface area contributed by atoms with Gasteiger partial charge in [0.25, 0.3) is 5.69 Å². The molecule has 1 unspecified atom stereocenters. The normalized spacial score (nSPS) is 28.4. The Morgan fingerprint density at radius 2 is 1.51 bits per heavy atom. The first kappa shape index (κ1) is 58.0. The van der Waals surface area contributed by atoms with E-state index in [1.807, 2.05) is 0 Å². The molecule has 1 saturated carbocycles. The van der Waals surface area contributed by atoms with Crippen molar-refractivity contribution in [2.45, 2.75) is 178 Å². The molecule has 1 aromatic carbocycles. The maximum atomic E-state index is 13.8. The molecule has 1 aliphatic carbocycles. The minimum atomic E-state index is -1.87. The van der Waals surface area contributed by atoms with Crippen molar-refractivity contribution in [3.05, 3.63) is 51.8 Å². The van der Waals surface area contributed by atoms with Crippen LogP contribution in [0.3, 0.4) is 0 Å². The van der Waals surface area contributed by atoms with Gasteiger partial charge in [-0.1, -0.05) is 0 Å². The Morgan fingerprint density at radius 3 is 2.10 bits per heavy atom. The number of benzene rings is 1. The Balaban J connectivity index is 1.65. The second-order valence-electron chi connectivity index (χ2n) is 21.1. The molecule has 400 valence electrons. The molecule has 0 spiro atoms. The first-order valence-electron chi connectivity index (χ1n) is 23.3. The Bertz CT molecular complexity index is 2050. The summed E-state index contributed by atoms with van der Waals surface area (Å²) in [5, 5.41) is 68.5. The van der Waals surface area contributed by atoms with Crippen LogP contribution in [0, 0.1) is 16.0 Å². The van der Waals surface area contributed by atoms with E-state index >= 15 is 0 Å². The molecule has 0 radical (unpaired) electrons. The fraction of sp³-hybridized carbons (Fsp3) is 0.717. The van der Waals surface area contributed by atoms with Crippen LogP contribution in [-0.2, 0) is 44.6 Å². The van der Waals surface area contributed by atoms with Crippen molar-refractivity contribution < 1.29 is 82.5 Å². The monoisotopic (exact) mass is 1010 g/mol. The summed E-state index contributed by atoms with van der Waals surface area (Å²) in [6.45, 7) is 15.0. The van der Waals surface area contributed by atoms with Gasteiger partial charge in [-0.2, -0.15) is 0 Å². The van der Waals surface area contributed by atoms with Crippen molar-refractivity contribution in [3.63, 3.8) is 0 Å². The first-order chi connectivity index (χ1) is 32.7. The summed E-state index contributed by atoms with van der Waals surface area (Å²) in [5.41, 5.74) is 2.40. The number of alkyl carbamates (subject to hydrolysis) is 3. The van der Waals surface area contributed by atoms with Crippen LogP contribution in [0.25, 0.3) is 0 Å². The van der Waals surface area contributed by atoms with E-state index in [1.165, 1.54) is 38.2 Å². The third-order valence-electron chi connectivity index (χ3n) is 11.3. The van der Waals surface area contributed by atoms with Gasteiger partial charge in [-0.15, -0.1) is 0 Å². The molecule has 0 aromatic heterocycles. The highest BCUT2D eigenvalue weighted by Crippen LogP contribution is 2.38. The quantitative estimate of drug-likeness (QED) is 0.0688. The third-order valence-corrected chi connectivity index (χ3v) is 11.3. The van der Waals surface area contributed by atoms with E-state index in [0.29, 0.717) is 5.56 Å². The van der Waals surface area contributed by atoms with Crippen LogP contribution in [0.5, 0.6) is 0 Å². The summed E-state index contributed by atoms with van der Waals surface area (Å²) in [7, 11) is 1.31. The summed E-state index contributed by atoms with van der Waals surface area (Å²) in [6, 6.07) is 0.666. The fourth-order valence-electron chi connectivity index (χ4n) is 8.23. The van der Waals surface area contributed by atoms with Gasteiger partial charge in [0.15, 0.2) is 6.29 Å². The average molecular weight is 1010 g/mol. The zero-order valence-corrected chi connectivity index (χ0v) is 42.2. The number of ether oxygens (including phenoxy) is 7. The van der Waals surface area contributed by atoms with Gasteiger partial charge in [-0.25, -0.2) is 19.2 Å². The van der Waals surface area contributed by atoms with E-state index in [-0.39, 0.29) is 50.4 Å². The van der Waals surface area contributed by atoms with Crippen molar-refractivity contribution in [2.75, 3.05) is 26.7 Å². The molecule has 71 heavy (non-hydrogen) atoms. The molecule has 10 N–H and O–H groups in total. The number of nitrogens with zero attached hydrogens (tertiary/aromatic N) is 2. The molecule has 0 bridgehead atoms. The number of amides is 5. The lowest BCUT2D eigenvalue weighted by molar-refractivity contribution is -0.384. The number of likely N-dealkylation sites (N-methyl/N-ethyl adjacent to an activating group) is 1. The van der Waals surface area contributed by atoms with Gasteiger partial charge in [-0.3, -0.25) is 14.9 Å². The lowest BCUT2D eigenvalue weighted by Crippen LogP contribution is -2.71. The summed E-state index contributed by atoms with van der Waals surface area (Å²) in [5.74, 6) is -2.01. The molecule has 2 aliphatic heterocycles. The van der Waals surface area contributed by atoms with E-state index < -0.39 is 131 Å². The predicted molar refractivity (Wildman–Crippen MR) is 250 cm³/mol. The van der Waals surface area contributed by atoms with Crippen LogP contribution in [0.15, 0.2) is 36.1 Å². The number of aliphatic hydroxyl groups excluding tert-OH is 3. The van der Waals surface area contributed by atoms with Gasteiger partial charge in [0.1, 0.15) is 59.2 Å². The standard InChI is InChI=1S/C46H73N7O18/c1-43(2,3)69-40(59)48-19-18-30(54)37(57)50-29-20-28(51-41(60)70-44(4,5)6)31(32(55)35(29)68-38-33(56)36(46(10,62)23-66-38)52(11)42(61)71-45(7,8)9)34-27(47)17-16-26(67-34)21-49-39(58)65-22-24-12-14-25(15-13-24)53(63)64/h12-16,27-36,38,54-56,62H,17-23,47H2,1-11H3,(H,48,59)(H,49,58)(H,50,57)(H,51,60)/t27-,28+,29-,30+,31-,32+,33-,34?,35+,36-,38-,46+/m1/s1. The van der Waals surface area contributed by atoms with E-state index in [0.717, 1.165) is 4.90 Å². The third kappa shape index (κ3) is 17.3. The second kappa shape index (κ2) is 23.8. The van der Waals surface area contributed by atoms with Gasteiger partial charge >= 0.3 is 24.4 Å². The number of nitrogens with one attached hydrogen (secondary N) is 4. The molecule has 4 rings (SSSR count). The highest BCUT2D eigenvalue weighted by molar-refractivity contribution is 5.81. The lowest BCUT2D eigenvalue weighted by Gasteiger charge is -2.52. The highest BCUT2D eigenvalue weighted by Gasteiger charge is 2.56. The lowest BCUT2D eigenvalue weighted by atomic mass is 9.72. The van der Waals surface area contributed by atoms with E-state index in [1.54, 1.807) is 68.4 Å². The molecule has 5 amide bonds. The Kier molecular flexibility index (Phi) is 19.4. The van der Waals surface area contributed by atoms with Gasteiger partial charge in [0.2, 0.25) is 5.91 Å². The smallest absolute Gasteiger partial charge is 0.410 e. The zero-order chi connectivity index (χ0) is 53.4. The van der Waals surface area contributed by atoms with Crippen LogP contribution in [0.4, 0.5) is 24.9 Å². The molecular weight excluding hydrogens is 939 g/mol. The molecule has 3 aliphatic rings. The van der Waals surface area contributed by atoms with Crippen LogP contribution in [-0.4, -0.2) is 171 Å². The summed E-state index contributed by atoms with van der Waals surface area (Å²) < 4.78 is 40.2. The van der Waals surface area contributed by atoms with Crippen molar-refractivity contribution in [3.8, 4) is 0 Å². The Hall–Kier alpha value is -5.57. The van der Waals surface area contributed by atoms with Crippen molar-refractivity contribution in [2.24, 2.45) is 11.7 Å². The van der Waals surface area contributed by atoms with E-state index in [9.17, 15) is 54.5 Å². The number of carbonyl (C=O) groups is 5. The molecule has 1 saturated heterocycles. The molecule has 25 nitrogen and oxygen atoms in total. The van der Waals surface area contributed by atoms with Crippen LogP contribution >= 0.6 is 0 Å². The van der Waals surface area contributed by atoms with Crippen molar-refractivity contribution in [1.29, 1.82) is 0 Å². The average Bonchev–Trinajstić information content (AvgIpc) is 3.23. The second-order valence-corrected chi connectivity index (χ2v) is 21.1. The van der Waals surface area contributed by atoms with Crippen molar-refractivity contribution >= 4 is 36.0 Å². The summed E-state index contributed by atoms with van der Waals surface area (Å²) in [4.78, 5) is 77.1. The van der Waals surface area contributed by atoms with Crippen LogP contribution < -0.4 is 27.0 Å². The zero-order valence-electron chi connectivity index (χ0n) is 42.2. The summed E-state index contributed by atoms with van der Waals surface area (Å²) >= 11 is 0. The molecule has 12 atom stereocenters.